The van der Waals surface area contributed by atoms with Crippen molar-refractivity contribution in [2.24, 2.45) is 0 Å². The van der Waals surface area contributed by atoms with Crippen LogP contribution in [0.15, 0.2) is 30.3 Å². The van der Waals surface area contributed by atoms with Crippen molar-refractivity contribution in [1.29, 1.82) is 0 Å². The minimum atomic E-state index is -0.431. The number of hydrogen-bond donors (Lipinski definition) is 2. The van der Waals surface area contributed by atoms with Gasteiger partial charge in [-0.25, -0.2) is 4.79 Å². The highest BCUT2D eigenvalue weighted by Gasteiger charge is 2.27. The van der Waals surface area contributed by atoms with E-state index in [0.29, 0.717) is 18.1 Å². The minimum Gasteiger partial charge on any atom is -0.393 e. The van der Waals surface area contributed by atoms with Gasteiger partial charge >= 0.3 is 6.03 Å². The number of urea groups is 1. The fraction of sp³-hybridized carbons (Fsp3) is 0.471. The molecule has 2 N–H and O–H groups in total. The van der Waals surface area contributed by atoms with E-state index in [9.17, 15) is 9.90 Å². The maximum Gasteiger partial charge on any atom is 0.323 e. The van der Waals surface area contributed by atoms with Gasteiger partial charge in [0.05, 0.1) is 6.10 Å². The summed E-state index contributed by atoms with van der Waals surface area (Å²) in [5.74, 6) is 0. The molecule has 0 aliphatic heterocycles. The summed E-state index contributed by atoms with van der Waals surface area (Å²) >= 11 is 1.37. The number of carbonyl (C=O) groups is 1. The Balaban J connectivity index is 2.04. The van der Waals surface area contributed by atoms with E-state index in [4.69, 9.17) is 0 Å². The van der Waals surface area contributed by atoms with Crippen molar-refractivity contribution in [2.75, 3.05) is 18.9 Å². The molecule has 0 spiro atoms. The Morgan fingerprint density at radius 3 is 2.62 bits per heavy atom. The molecule has 130 valence electrons. The summed E-state index contributed by atoms with van der Waals surface area (Å²) in [5, 5.41) is 21.7. The molecule has 0 saturated carbocycles. The van der Waals surface area contributed by atoms with E-state index in [1.807, 2.05) is 18.2 Å². The van der Waals surface area contributed by atoms with E-state index in [1.54, 1.807) is 14.0 Å². The summed E-state index contributed by atoms with van der Waals surface area (Å²) in [7, 11) is 1.69. The van der Waals surface area contributed by atoms with Gasteiger partial charge in [0.1, 0.15) is 5.01 Å². The Labute approximate surface area is 146 Å². The number of hydrogen-bond acceptors (Lipinski definition) is 5. The van der Waals surface area contributed by atoms with Crippen LogP contribution >= 0.6 is 11.3 Å². The molecule has 0 fully saturated rings. The van der Waals surface area contributed by atoms with Crippen LogP contribution in [0.25, 0.3) is 0 Å². The van der Waals surface area contributed by atoms with Gasteiger partial charge in [-0.15, -0.1) is 10.2 Å². The lowest BCUT2D eigenvalue weighted by Gasteiger charge is -2.21. The molecule has 1 heterocycles. The lowest BCUT2D eigenvalue weighted by molar-refractivity contribution is 0.167. The monoisotopic (exact) mass is 348 g/mol. The highest BCUT2D eigenvalue weighted by Crippen LogP contribution is 2.34. The second-order valence-electron chi connectivity index (χ2n) is 6.39. The zero-order valence-corrected chi connectivity index (χ0v) is 15.3. The Morgan fingerprint density at radius 2 is 2.00 bits per heavy atom. The molecular formula is C17H24N4O2S. The molecule has 0 saturated heterocycles. The number of nitrogens with zero attached hydrogens (tertiary/aromatic N) is 3. The number of benzene rings is 1. The number of amides is 2. The van der Waals surface area contributed by atoms with Gasteiger partial charge in [0.2, 0.25) is 5.13 Å². The second-order valence-corrected chi connectivity index (χ2v) is 7.37. The molecule has 1 aromatic carbocycles. The van der Waals surface area contributed by atoms with E-state index < -0.39 is 6.10 Å². The lowest BCUT2D eigenvalue weighted by Crippen LogP contribution is -2.33. The summed E-state index contributed by atoms with van der Waals surface area (Å²) in [6.45, 7) is 6.35. The van der Waals surface area contributed by atoms with Gasteiger partial charge in [0.25, 0.3) is 0 Å². The summed E-state index contributed by atoms with van der Waals surface area (Å²) in [6, 6.07) is 9.84. The van der Waals surface area contributed by atoms with E-state index in [-0.39, 0.29) is 11.4 Å². The molecule has 2 rings (SSSR count). The summed E-state index contributed by atoms with van der Waals surface area (Å²) in [4.78, 5) is 13.6. The van der Waals surface area contributed by atoms with Gasteiger partial charge in [0.15, 0.2) is 0 Å². The largest absolute Gasteiger partial charge is 0.393 e. The van der Waals surface area contributed by atoms with E-state index in [0.717, 1.165) is 10.6 Å². The average Bonchev–Trinajstić information content (AvgIpc) is 3.02. The van der Waals surface area contributed by atoms with Crippen molar-refractivity contribution in [3.63, 3.8) is 0 Å². The van der Waals surface area contributed by atoms with Crippen molar-refractivity contribution in [3.05, 3.63) is 40.9 Å². The summed E-state index contributed by atoms with van der Waals surface area (Å²) < 4.78 is 0. The number of rotatable bonds is 6. The zero-order valence-electron chi connectivity index (χ0n) is 14.5. The van der Waals surface area contributed by atoms with Gasteiger partial charge in [-0.2, -0.15) is 0 Å². The van der Waals surface area contributed by atoms with E-state index >= 15 is 0 Å². The molecule has 1 atom stereocenters. The van der Waals surface area contributed by atoms with Gasteiger partial charge in [-0.3, -0.25) is 5.32 Å². The standard InChI is InChI=1S/C17H24N4O2S/c1-12(22)10-11-21(4)16(23)18-15-20-19-14(24-15)17(2,3)13-8-6-5-7-9-13/h5-9,12,22H,10-11H2,1-4H3,(H,18,20,23). The van der Waals surface area contributed by atoms with Crippen LogP contribution in [0.1, 0.15) is 37.8 Å². The summed E-state index contributed by atoms with van der Waals surface area (Å²) in [5.41, 5.74) is 0.869. The first-order chi connectivity index (χ1) is 11.3. The van der Waals surface area contributed by atoms with Gasteiger partial charge < -0.3 is 10.0 Å². The zero-order chi connectivity index (χ0) is 17.7. The first-order valence-corrected chi connectivity index (χ1v) is 8.72. The molecular weight excluding hydrogens is 324 g/mol. The van der Waals surface area contributed by atoms with Crippen molar-refractivity contribution >= 4 is 22.5 Å². The topological polar surface area (TPSA) is 78.4 Å². The second kappa shape index (κ2) is 7.72. The maximum atomic E-state index is 12.1. The van der Waals surface area contributed by atoms with Crippen LogP contribution in [0.4, 0.5) is 9.93 Å². The predicted octanol–water partition coefficient (Wildman–Crippen LogP) is 3.10. The molecule has 0 aliphatic rings. The molecule has 2 amide bonds. The third kappa shape index (κ3) is 4.52. The number of carbonyl (C=O) groups excluding carboxylic acids is 1. The SMILES string of the molecule is CC(O)CCN(C)C(=O)Nc1nnc(C(C)(C)c2ccccc2)s1. The van der Waals surface area contributed by atoms with Crippen LogP contribution in [-0.4, -0.2) is 45.9 Å². The Morgan fingerprint density at radius 1 is 1.33 bits per heavy atom. The summed E-state index contributed by atoms with van der Waals surface area (Å²) in [6.07, 6.45) is 0.104. The van der Waals surface area contributed by atoms with Gasteiger partial charge in [-0.05, 0) is 32.8 Å². The fourth-order valence-corrected chi connectivity index (χ4v) is 3.03. The quantitative estimate of drug-likeness (QED) is 0.841. The maximum absolute atomic E-state index is 12.1. The Hall–Kier alpha value is -1.99. The highest BCUT2D eigenvalue weighted by atomic mass is 32.1. The molecule has 24 heavy (non-hydrogen) atoms. The molecule has 1 aromatic heterocycles. The van der Waals surface area contributed by atoms with Crippen LogP contribution in [0.3, 0.4) is 0 Å². The minimum absolute atomic E-state index is 0.254. The number of aromatic nitrogens is 2. The van der Waals surface area contributed by atoms with Crippen LogP contribution in [0, 0.1) is 0 Å². The number of nitrogens with one attached hydrogen (secondary N) is 1. The predicted molar refractivity (Wildman–Crippen MR) is 96.4 cm³/mol. The highest BCUT2D eigenvalue weighted by molar-refractivity contribution is 7.15. The van der Waals surface area contributed by atoms with Crippen LogP contribution < -0.4 is 5.32 Å². The molecule has 2 aromatic rings. The van der Waals surface area contributed by atoms with E-state index in [2.05, 4.69) is 41.5 Å². The van der Waals surface area contributed by atoms with Crippen LogP contribution in [-0.2, 0) is 5.41 Å². The number of anilines is 1. The van der Waals surface area contributed by atoms with Gasteiger partial charge in [0, 0.05) is 19.0 Å². The third-order valence-corrected chi connectivity index (χ3v) is 5.06. The Bertz CT molecular complexity index is 670. The van der Waals surface area contributed by atoms with Crippen molar-refractivity contribution in [3.8, 4) is 0 Å². The lowest BCUT2D eigenvalue weighted by atomic mass is 9.85. The average molecular weight is 348 g/mol. The van der Waals surface area contributed by atoms with Crippen molar-refractivity contribution in [2.45, 2.75) is 38.7 Å². The molecule has 0 bridgehead atoms. The van der Waals surface area contributed by atoms with Crippen LogP contribution in [0.2, 0.25) is 0 Å². The fourth-order valence-electron chi connectivity index (χ4n) is 2.17. The first kappa shape index (κ1) is 18.4. The smallest absolute Gasteiger partial charge is 0.323 e. The van der Waals surface area contributed by atoms with Crippen LogP contribution in [0.5, 0.6) is 0 Å². The van der Waals surface area contributed by atoms with Crippen molar-refractivity contribution in [1.82, 2.24) is 15.1 Å². The van der Waals surface area contributed by atoms with Crippen molar-refractivity contribution < 1.29 is 9.90 Å². The third-order valence-electron chi connectivity index (χ3n) is 3.90. The van der Waals surface area contributed by atoms with Gasteiger partial charge in [-0.1, -0.05) is 41.7 Å². The van der Waals surface area contributed by atoms with E-state index in [1.165, 1.54) is 16.2 Å². The molecule has 7 heteroatoms. The first-order valence-electron chi connectivity index (χ1n) is 7.90. The molecule has 1 unspecified atom stereocenters. The number of aliphatic hydroxyl groups excluding tert-OH is 1. The Kier molecular flexibility index (Phi) is 5.90. The molecule has 0 aliphatic carbocycles. The normalized spacial score (nSPS) is 12.7. The molecule has 6 nitrogen and oxygen atoms in total. The number of aliphatic hydroxyl groups is 1. The molecule has 0 radical (unpaired) electrons.